The zero-order valence-corrected chi connectivity index (χ0v) is 16.0. The Labute approximate surface area is 144 Å². The quantitative estimate of drug-likeness (QED) is 0.412. The molecule has 6 heteroatoms. The number of guanidine groups is 1. The summed E-state index contributed by atoms with van der Waals surface area (Å²) >= 11 is 1.86. The molecule has 0 radical (unpaired) electrons. The summed E-state index contributed by atoms with van der Waals surface area (Å²) in [6.07, 6.45) is 1.11. The van der Waals surface area contributed by atoms with E-state index in [1.165, 1.54) is 9.75 Å². The third kappa shape index (κ3) is 7.44. The maximum absolute atomic E-state index is 4.23. The summed E-state index contributed by atoms with van der Waals surface area (Å²) < 4.78 is 0. The molecule has 2 N–H and O–H groups in total. The number of halogens is 1. The normalized spacial score (nSPS) is 11.3. The van der Waals surface area contributed by atoms with E-state index in [1.807, 2.05) is 18.4 Å². The molecule has 1 aromatic heterocycles. The zero-order chi connectivity index (χ0) is 14.1. The molecule has 0 amide bonds. The molecule has 0 spiro atoms. The van der Waals surface area contributed by atoms with Crippen LogP contribution >= 0.6 is 35.3 Å². The number of nitrogens with zero attached hydrogens (tertiary/aromatic N) is 2. The SMILES string of the molecule is CCc1ccc(CNC(=NC)NCCN(C)CC)s1.I. The second-order valence-electron chi connectivity index (χ2n) is 4.47. The maximum atomic E-state index is 4.23. The van der Waals surface area contributed by atoms with Gasteiger partial charge in [-0.1, -0.05) is 13.8 Å². The molecule has 0 aliphatic rings. The number of aryl methyl sites for hydroxylation is 1. The lowest BCUT2D eigenvalue weighted by molar-refractivity contribution is 0.357. The Hall–Kier alpha value is -0.340. The first-order valence-electron chi connectivity index (χ1n) is 6.90. The van der Waals surface area contributed by atoms with Crippen LogP contribution in [0.2, 0.25) is 0 Å². The Bertz CT molecular complexity index is 392. The number of thiophene rings is 1. The van der Waals surface area contributed by atoms with Gasteiger partial charge in [0.05, 0.1) is 6.54 Å². The Morgan fingerprint density at radius 2 is 1.95 bits per heavy atom. The van der Waals surface area contributed by atoms with E-state index in [9.17, 15) is 0 Å². The summed E-state index contributed by atoms with van der Waals surface area (Å²) in [6.45, 7) is 8.20. The van der Waals surface area contributed by atoms with E-state index in [0.29, 0.717) is 0 Å². The fourth-order valence-corrected chi connectivity index (χ4v) is 2.52. The van der Waals surface area contributed by atoms with Crippen molar-refractivity contribution in [2.24, 2.45) is 4.99 Å². The van der Waals surface area contributed by atoms with Gasteiger partial charge in [0.25, 0.3) is 0 Å². The van der Waals surface area contributed by atoms with Gasteiger partial charge in [-0.05, 0) is 32.1 Å². The van der Waals surface area contributed by atoms with E-state index in [0.717, 1.165) is 38.6 Å². The van der Waals surface area contributed by atoms with Crippen LogP contribution < -0.4 is 10.6 Å². The predicted octanol–water partition coefficient (Wildman–Crippen LogP) is 2.55. The maximum Gasteiger partial charge on any atom is 0.191 e. The molecule has 0 atom stereocenters. The van der Waals surface area contributed by atoms with Crippen molar-refractivity contribution in [3.05, 3.63) is 21.9 Å². The van der Waals surface area contributed by atoms with Gasteiger partial charge in [-0.3, -0.25) is 4.99 Å². The minimum Gasteiger partial charge on any atom is -0.355 e. The highest BCUT2D eigenvalue weighted by Crippen LogP contribution is 2.16. The molecular weight excluding hydrogens is 383 g/mol. The summed E-state index contributed by atoms with van der Waals surface area (Å²) in [7, 11) is 3.93. The molecule has 1 heterocycles. The van der Waals surface area contributed by atoms with Gasteiger partial charge in [0, 0.05) is 29.9 Å². The molecule has 0 fully saturated rings. The molecule has 116 valence electrons. The van der Waals surface area contributed by atoms with Crippen LogP contribution in [0.5, 0.6) is 0 Å². The van der Waals surface area contributed by atoms with Gasteiger partial charge in [-0.25, -0.2) is 0 Å². The number of aliphatic imine (C=N–C) groups is 1. The van der Waals surface area contributed by atoms with Crippen molar-refractivity contribution in [3.8, 4) is 0 Å². The van der Waals surface area contributed by atoms with Gasteiger partial charge in [-0.2, -0.15) is 0 Å². The molecule has 1 rings (SSSR count). The monoisotopic (exact) mass is 410 g/mol. The average molecular weight is 410 g/mol. The molecule has 0 saturated heterocycles. The second-order valence-corrected chi connectivity index (χ2v) is 5.72. The zero-order valence-electron chi connectivity index (χ0n) is 12.9. The summed E-state index contributed by atoms with van der Waals surface area (Å²) in [5.41, 5.74) is 0. The van der Waals surface area contributed by atoms with Gasteiger partial charge in [0.2, 0.25) is 0 Å². The number of nitrogens with one attached hydrogen (secondary N) is 2. The Morgan fingerprint density at radius 3 is 2.50 bits per heavy atom. The molecule has 20 heavy (non-hydrogen) atoms. The molecule has 4 nitrogen and oxygen atoms in total. The molecule has 0 unspecified atom stereocenters. The topological polar surface area (TPSA) is 39.7 Å². The summed E-state index contributed by atoms with van der Waals surface area (Å²) in [4.78, 5) is 9.29. The van der Waals surface area contributed by atoms with Crippen LogP contribution in [-0.4, -0.2) is 44.6 Å². The highest BCUT2D eigenvalue weighted by atomic mass is 127. The Kier molecular flexibility index (Phi) is 11.1. The highest BCUT2D eigenvalue weighted by molar-refractivity contribution is 14.0. The molecule has 0 bridgehead atoms. The number of hydrogen-bond acceptors (Lipinski definition) is 3. The third-order valence-electron chi connectivity index (χ3n) is 3.05. The van der Waals surface area contributed by atoms with Crippen LogP contribution in [0.15, 0.2) is 17.1 Å². The van der Waals surface area contributed by atoms with Crippen LogP contribution in [0.4, 0.5) is 0 Å². The van der Waals surface area contributed by atoms with Gasteiger partial charge in [0.15, 0.2) is 5.96 Å². The van der Waals surface area contributed by atoms with E-state index in [1.54, 1.807) is 0 Å². The van der Waals surface area contributed by atoms with Gasteiger partial charge in [-0.15, -0.1) is 35.3 Å². The molecule has 0 aliphatic carbocycles. The van der Waals surface area contributed by atoms with Crippen LogP contribution in [0.1, 0.15) is 23.6 Å². The van der Waals surface area contributed by atoms with Gasteiger partial charge < -0.3 is 15.5 Å². The van der Waals surface area contributed by atoms with E-state index in [-0.39, 0.29) is 24.0 Å². The second kappa shape index (κ2) is 11.3. The van der Waals surface area contributed by atoms with Crippen molar-refractivity contribution in [2.45, 2.75) is 26.8 Å². The summed E-state index contributed by atoms with van der Waals surface area (Å²) in [5, 5.41) is 6.67. The van der Waals surface area contributed by atoms with E-state index in [2.05, 4.69) is 53.6 Å². The minimum absolute atomic E-state index is 0. The van der Waals surface area contributed by atoms with Crippen molar-refractivity contribution >= 4 is 41.3 Å². The Balaban J connectivity index is 0.00000361. The lowest BCUT2D eigenvalue weighted by atomic mass is 10.4. The first-order chi connectivity index (χ1) is 9.19. The number of hydrogen-bond donors (Lipinski definition) is 2. The molecule has 0 aromatic carbocycles. The van der Waals surface area contributed by atoms with Crippen molar-refractivity contribution in [2.75, 3.05) is 33.7 Å². The fourth-order valence-electron chi connectivity index (χ4n) is 1.62. The lowest BCUT2D eigenvalue weighted by Gasteiger charge is -2.16. The van der Waals surface area contributed by atoms with E-state index < -0.39 is 0 Å². The molecule has 0 saturated carbocycles. The van der Waals surface area contributed by atoms with E-state index in [4.69, 9.17) is 0 Å². The minimum atomic E-state index is 0. The fraction of sp³-hybridized carbons (Fsp3) is 0.643. The van der Waals surface area contributed by atoms with Crippen LogP contribution in [-0.2, 0) is 13.0 Å². The standard InChI is InChI=1S/C14H26N4S.HI/c1-5-12-7-8-13(19-12)11-17-14(15-3)16-9-10-18(4)6-2;/h7-8H,5-6,9-11H2,1-4H3,(H2,15,16,17);1H. The largest absolute Gasteiger partial charge is 0.355 e. The molecule has 1 aromatic rings. The van der Waals surface area contributed by atoms with Crippen molar-refractivity contribution in [1.29, 1.82) is 0 Å². The van der Waals surface area contributed by atoms with Crippen LogP contribution in [0.25, 0.3) is 0 Å². The third-order valence-corrected chi connectivity index (χ3v) is 4.27. The Morgan fingerprint density at radius 1 is 1.25 bits per heavy atom. The lowest BCUT2D eigenvalue weighted by Crippen LogP contribution is -2.40. The average Bonchev–Trinajstić information content (AvgIpc) is 2.90. The van der Waals surface area contributed by atoms with Crippen molar-refractivity contribution < 1.29 is 0 Å². The van der Waals surface area contributed by atoms with Crippen molar-refractivity contribution in [1.82, 2.24) is 15.5 Å². The highest BCUT2D eigenvalue weighted by Gasteiger charge is 2.01. The van der Waals surface area contributed by atoms with Crippen molar-refractivity contribution in [3.63, 3.8) is 0 Å². The smallest absolute Gasteiger partial charge is 0.191 e. The first-order valence-corrected chi connectivity index (χ1v) is 7.71. The van der Waals surface area contributed by atoms with Gasteiger partial charge >= 0.3 is 0 Å². The van der Waals surface area contributed by atoms with Crippen LogP contribution in [0, 0.1) is 0 Å². The molecular formula is C14H27IN4S. The molecule has 0 aliphatic heterocycles. The first kappa shape index (κ1) is 19.7. The summed E-state index contributed by atoms with van der Waals surface area (Å²) in [5.74, 6) is 0.871. The van der Waals surface area contributed by atoms with Gasteiger partial charge in [0.1, 0.15) is 0 Å². The predicted molar refractivity (Wildman–Crippen MR) is 100 cm³/mol. The summed E-state index contributed by atoms with van der Waals surface area (Å²) in [6, 6.07) is 4.39. The van der Waals surface area contributed by atoms with Crippen LogP contribution in [0.3, 0.4) is 0 Å². The number of likely N-dealkylation sites (N-methyl/N-ethyl adjacent to an activating group) is 1. The van der Waals surface area contributed by atoms with E-state index >= 15 is 0 Å². The number of rotatable bonds is 7.